The summed E-state index contributed by atoms with van der Waals surface area (Å²) in [7, 11) is 0. The van der Waals surface area contributed by atoms with E-state index in [2.05, 4.69) is 17.2 Å². The van der Waals surface area contributed by atoms with Crippen LogP contribution in [0, 0.1) is 18.8 Å². The quantitative estimate of drug-likeness (QED) is 0.774. The van der Waals surface area contributed by atoms with E-state index in [0.29, 0.717) is 18.2 Å². The fourth-order valence-electron chi connectivity index (χ4n) is 1.92. The van der Waals surface area contributed by atoms with Crippen LogP contribution in [0.15, 0.2) is 18.2 Å². The standard InChI is InChI=1S/C15H18N2O/c1-11-7-8-12(4-3-9-16)14(10-11)15(18)17-13-5-2-6-13/h7-8,10,13H,2,5-6,9,16H2,1H3,(H,17,18). The second-order valence-corrected chi connectivity index (χ2v) is 4.66. The van der Waals surface area contributed by atoms with Crippen LogP contribution in [0.2, 0.25) is 0 Å². The number of benzene rings is 1. The third-order valence-corrected chi connectivity index (χ3v) is 3.19. The zero-order valence-electron chi connectivity index (χ0n) is 10.6. The van der Waals surface area contributed by atoms with Crippen molar-refractivity contribution in [2.24, 2.45) is 5.73 Å². The molecular formula is C15H18N2O. The molecule has 1 aliphatic rings. The summed E-state index contributed by atoms with van der Waals surface area (Å²) in [5.41, 5.74) is 7.84. The van der Waals surface area contributed by atoms with Crippen LogP contribution in [0.5, 0.6) is 0 Å². The number of hydrogen-bond acceptors (Lipinski definition) is 2. The van der Waals surface area contributed by atoms with Crippen molar-refractivity contribution in [2.75, 3.05) is 6.54 Å². The van der Waals surface area contributed by atoms with Gasteiger partial charge in [-0.05, 0) is 38.3 Å². The Morgan fingerprint density at radius 1 is 1.50 bits per heavy atom. The van der Waals surface area contributed by atoms with Crippen LogP contribution in [-0.4, -0.2) is 18.5 Å². The number of hydrogen-bond donors (Lipinski definition) is 2. The number of amides is 1. The third-order valence-electron chi connectivity index (χ3n) is 3.19. The molecule has 0 unspecified atom stereocenters. The highest BCUT2D eigenvalue weighted by molar-refractivity contribution is 5.97. The Bertz CT molecular complexity index is 507. The second-order valence-electron chi connectivity index (χ2n) is 4.66. The first kappa shape index (κ1) is 12.7. The minimum absolute atomic E-state index is 0.0234. The van der Waals surface area contributed by atoms with E-state index < -0.39 is 0 Å². The molecule has 1 amide bonds. The van der Waals surface area contributed by atoms with Crippen molar-refractivity contribution in [1.29, 1.82) is 0 Å². The van der Waals surface area contributed by atoms with E-state index in [1.54, 1.807) is 0 Å². The highest BCUT2D eigenvalue weighted by Crippen LogP contribution is 2.19. The number of carbonyl (C=O) groups excluding carboxylic acids is 1. The largest absolute Gasteiger partial charge is 0.349 e. The molecule has 18 heavy (non-hydrogen) atoms. The van der Waals surface area contributed by atoms with E-state index in [-0.39, 0.29) is 5.91 Å². The van der Waals surface area contributed by atoms with Crippen LogP contribution in [0.4, 0.5) is 0 Å². The molecule has 0 atom stereocenters. The fraction of sp³-hybridized carbons (Fsp3) is 0.400. The maximum atomic E-state index is 12.2. The highest BCUT2D eigenvalue weighted by Gasteiger charge is 2.21. The summed E-state index contributed by atoms with van der Waals surface area (Å²) in [5.74, 6) is 5.73. The molecule has 0 radical (unpaired) electrons. The van der Waals surface area contributed by atoms with Gasteiger partial charge in [-0.25, -0.2) is 0 Å². The van der Waals surface area contributed by atoms with E-state index >= 15 is 0 Å². The first-order valence-corrected chi connectivity index (χ1v) is 6.31. The monoisotopic (exact) mass is 242 g/mol. The van der Waals surface area contributed by atoms with Gasteiger partial charge < -0.3 is 11.1 Å². The normalized spacial score (nSPS) is 14.3. The third kappa shape index (κ3) is 2.91. The van der Waals surface area contributed by atoms with E-state index in [1.807, 2.05) is 25.1 Å². The zero-order chi connectivity index (χ0) is 13.0. The molecule has 0 spiro atoms. The van der Waals surface area contributed by atoms with Gasteiger partial charge in [-0.1, -0.05) is 23.5 Å². The smallest absolute Gasteiger partial charge is 0.252 e. The number of nitrogens with two attached hydrogens (primary N) is 1. The van der Waals surface area contributed by atoms with Crippen LogP contribution < -0.4 is 11.1 Å². The van der Waals surface area contributed by atoms with Gasteiger partial charge in [-0.3, -0.25) is 4.79 Å². The predicted octanol–water partition coefficient (Wildman–Crippen LogP) is 1.59. The van der Waals surface area contributed by atoms with Crippen LogP contribution in [0.25, 0.3) is 0 Å². The predicted molar refractivity (Wildman–Crippen MR) is 72.2 cm³/mol. The molecule has 0 bridgehead atoms. The summed E-state index contributed by atoms with van der Waals surface area (Å²) in [4.78, 5) is 12.2. The Morgan fingerprint density at radius 3 is 2.89 bits per heavy atom. The lowest BCUT2D eigenvalue weighted by atomic mass is 9.92. The molecular weight excluding hydrogens is 224 g/mol. The Hall–Kier alpha value is -1.79. The molecule has 1 aromatic rings. The van der Waals surface area contributed by atoms with Crippen molar-refractivity contribution < 1.29 is 4.79 Å². The van der Waals surface area contributed by atoms with Crippen molar-refractivity contribution in [3.8, 4) is 11.8 Å². The van der Waals surface area contributed by atoms with E-state index in [4.69, 9.17) is 5.73 Å². The number of aryl methyl sites for hydroxylation is 1. The van der Waals surface area contributed by atoms with Crippen molar-refractivity contribution >= 4 is 5.91 Å². The van der Waals surface area contributed by atoms with Gasteiger partial charge in [0, 0.05) is 11.6 Å². The Balaban J connectivity index is 2.22. The average molecular weight is 242 g/mol. The molecule has 1 fully saturated rings. The number of carbonyl (C=O) groups is 1. The number of rotatable bonds is 2. The summed E-state index contributed by atoms with van der Waals surface area (Å²) < 4.78 is 0. The van der Waals surface area contributed by atoms with Gasteiger partial charge in [-0.2, -0.15) is 0 Å². The molecule has 1 saturated carbocycles. The molecule has 3 heteroatoms. The maximum Gasteiger partial charge on any atom is 0.252 e. The van der Waals surface area contributed by atoms with Gasteiger partial charge in [0.1, 0.15) is 0 Å². The molecule has 1 aliphatic carbocycles. The van der Waals surface area contributed by atoms with Crippen molar-refractivity contribution in [3.05, 3.63) is 34.9 Å². The molecule has 2 rings (SSSR count). The van der Waals surface area contributed by atoms with Gasteiger partial charge in [0.2, 0.25) is 0 Å². The van der Waals surface area contributed by atoms with Gasteiger partial charge in [0.05, 0.1) is 12.1 Å². The highest BCUT2D eigenvalue weighted by atomic mass is 16.1. The first-order chi connectivity index (χ1) is 8.70. The number of nitrogens with one attached hydrogen (secondary N) is 1. The lowest BCUT2D eigenvalue weighted by molar-refractivity contribution is 0.0916. The summed E-state index contributed by atoms with van der Waals surface area (Å²) in [6, 6.07) is 6.07. The summed E-state index contributed by atoms with van der Waals surface area (Å²) >= 11 is 0. The molecule has 3 nitrogen and oxygen atoms in total. The maximum absolute atomic E-state index is 12.2. The summed E-state index contributed by atoms with van der Waals surface area (Å²) in [6.07, 6.45) is 3.38. The van der Waals surface area contributed by atoms with Crippen LogP contribution in [-0.2, 0) is 0 Å². The topological polar surface area (TPSA) is 55.1 Å². The first-order valence-electron chi connectivity index (χ1n) is 6.31. The van der Waals surface area contributed by atoms with Crippen molar-refractivity contribution in [2.45, 2.75) is 32.2 Å². The average Bonchev–Trinajstić information content (AvgIpc) is 2.32. The van der Waals surface area contributed by atoms with Crippen molar-refractivity contribution in [1.82, 2.24) is 5.32 Å². The van der Waals surface area contributed by atoms with Crippen LogP contribution >= 0.6 is 0 Å². The van der Waals surface area contributed by atoms with Crippen LogP contribution in [0.3, 0.4) is 0 Å². The lowest BCUT2D eigenvalue weighted by Gasteiger charge is -2.26. The minimum atomic E-state index is -0.0234. The van der Waals surface area contributed by atoms with E-state index in [0.717, 1.165) is 24.0 Å². The SMILES string of the molecule is Cc1ccc(C#CCN)c(C(=O)NC2CCC2)c1. The summed E-state index contributed by atoms with van der Waals surface area (Å²) in [6.45, 7) is 2.28. The summed E-state index contributed by atoms with van der Waals surface area (Å²) in [5, 5.41) is 3.04. The van der Waals surface area contributed by atoms with Crippen molar-refractivity contribution in [3.63, 3.8) is 0 Å². The van der Waals surface area contributed by atoms with Crippen LogP contribution in [0.1, 0.15) is 40.7 Å². The van der Waals surface area contributed by atoms with Gasteiger partial charge in [0.15, 0.2) is 0 Å². The Kier molecular flexibility index (Phi) is 4.01. The molecule has 0 aromatic heterocycles. The Morgan fingerprint density at radius 2 is 2.28 bits per heavy atom. The molecule has 0 heterocycles. The fourth-order valence-corrected chi connectivity index (χ4v) is 1.92. The second kappa shape index (κ2) is 5.70. The van der Waals surface area contributed by atoms with E-state index in [1.165, 1.54) is 6.42 Å². The lowest BCUT2D eigenvalue weighted by Crippen LogP contribution is -2.39. The van der Waals surface area contributed by atoms with E-state index in [9.17, 15) is 4.79 Å². The van der Waals surface area contributed by atoms with Gasteiger partial charge in [-0.15, -0.1) is 0 Å². The minimum Gasteiger partial charge on any atom is -0.349 e. The van der Waals surface area contributed by atoms with Gasteiger partial charge in [0.25, 0.3) is 5.91 Å². The molecule has 1 aromatic carbocycles. The molecule has 0 saturated heterocycles. The molecule has 3 N–H and O–H groups in total. The molecule has 94 valence electrons. The van der Waals surface area contributed by atoms with Gasteiger partial charge >= 0.3 is 0 Å². The molecule has 0 aliphatic heterocycles. The zero-order valence-corrected chi connectivity index (χ0v) is 10.6. The Labute approximate surface area is 108 Å².